The summed E-state index contributed by atoms with van der Waals surface area (Å²) in [7, 11) is 0. The number of carbonyl (C=O) groups excluding carboxylic acids is 1. The van der Waals surface area contributed by atoms with E-state index >= 15 is 0 Å². The number of hydrogen-bond acceptors (Lipinski definition) is 3. The molecular formula is C17H16F2N2O4. The van der Waals surface area contributed by atoms with Crippen LogP contribution >= 0.6 is 0 Å². The number of fused-ring (bicyclic) bond motifs is 1. The normalized spacial score (nSPS) is 22.2. The van der Waals surface area contributed by atoms with Crippen molar-refractivity contribution in [2.75, 3.05) is 0 Å². The van der Waals surface area contributed by atoms with E-state index in [4.69, 9.17) is 0 Å². The molecule has 4 rings (SSSR count). The van der Waals surface area contributed by atoms with Gasteiger partial charge in [-0.3, -0.25) is 4.79 Å². The topological polar surface area (TPSA) is 102 Å². The van der Waals surface area contributed by atoms with Crippen LogP contribution in [0.25, 0.3) is 10.9 Å². The maximum atomic E-state index is 13.1. The van der Waals surface area contributed by atoms with Gasteiger partial charge in [0.05, 0.1) is 0 Å². The molecule has 0 aliphatic heterocycles. The average Bonchev–Trinajstić information content (AvgIpc) is 2.85. The number of nitrogens with one attached hydrogen (secondary N) is 2. The monoisotopic (exact) mass is 350 g/mol. The number of phenolic OH excluding ortho intramolecular Hbond substituents is 1. The first kappa shape index (κ1) is 15.9. The van der Waals surface area contributed by atoms with Gasteiger partial charge in [0.2, 0.25) is 5.92 Å². The van der Waals surface area contributed by atoms with Crippen molar-refractivity contribution in [1.82, 2.24) is 10.3 Å². The van der Waals surface area contributed by atoms with Gasteiger partial charge in [0.15, 0.2) is 0 Å². The molecule has 2 fully saturated rings. The number of aromatic nitrogens is 1. The summed E-state index contributed by atoms with van der Waals surface area (Å²) >= 11 is 0. The molecule has 8 heteroatoms. The molecule has 6 nitrogen and oxygen atoms in total. The predicted octanol–water partition coefficient (Wildman–Crippen LogP) is 2.64. The molecule has 132 valence electrons. The Morgan fingerprint density at radius 1 is 1.12 bits per heavy atom. The Labute approximate surface area is 140 Å². The number of phenols is 1. The van der Waals surface area contributed by atoms with Crippen LogP contribution in [-0.2, 0) is 4.79 Å². The second-order valence-electron chi connectivity index (χ2n) is 7.36. The summed E-state index contributed by atoms with van der Waals surface area (Å²) in [5, 5.41) is 22.1. The van der Waals surface area contributed by atoms with E-state index in [9.17, 15) is 28.6 Å². The first-order valence-electron chi connectivity index (χ1n) is 7.88. The molecule has 0 unspecified atom stereocenters. The molecule has 1 aromatic carbocycles. The van der Waals surface area contributed by atoms with Crippen LogP contribution in [0.5, 0.6) is 5.75 Å². The third kappa shape index (κ3) is 2.43. The lowest BCUT2D eigenvalue weighted by atomic mass is 9.47. The number of H-pyrrole nitrogens is 1. The minimum Gasteiger partial charge on any atom is -0.508 e. The molecule has 25 heavy (non-hydrogen) atoms. The molecule has 4 N–H and O–H groups in total. The maximum absolute atomic E-state index is 13.1. The highest BCUT2D eigenvalue weighted by atomic mass is 19.3. The second kappa shape index (κ2) is 4.71. The maximum Gasteiger partial charge on any atom is 0.329 e. The number of carbonyl (C=O) groups is 2. The Kier molecular flexibility index (Phi) is 2.99. The molecule has 2 aliphatic rings. The standard InChI is InChI=1S/C17H16F2N2O4/c18-17(19)7-15(8-17)5-16(6-15,14(24)25)21-13(23)12-3-9-1-2-10(22)4-11(9)20-12/h1-4,20,22H,5-8H2,(H,21,23)(H,24,25). The number of hydrogen-bond donors (Lipinski definition) is 4. The van der Waals surface area contributed by atoms with Gasteiger partial charge in [-0.15, -0.1) is 0 Å². The number of aromatic hydroxyl groups is 1. The van der Waals surface area contributed by atoms with Crippen LogP contribution in [0, 0.1) is 5.41 Å². The number of amides is 1. The Morgan fingerprint density at radius 2 is 1.80 bits per heavy atom. The van der Waals surface area contributed by atoms with Crippen molar-refractivity contribution in [3.63, 3.8) is 0 Å². The highest BCUT2D eigenvalue weighted by molar-refractivity contribution is 6.01. The molecule has 0 radical (unpaired) electrons. The Bertz CT molecular complexity index is 889. The van der Waals surface area contributed by atoms with Crippen LogP contribution in [0.2, 0.25) is 0 Å². The largest absolute Gasteiger partial charge is 0.508 e. The minimum absolute atomic E-state index is 0.0116. The molecule has 2 saturated carbocycles. The van der Waals surface area contributed by atoms with Gasteiger partial charge in [0.25, 0.3) is 5.91 Å². The zero-order valence-corrected chi connectivity index (χ0v) is 13.1. The average molecular weight is 350 g/mol. The molecule has 2 aliphatic carbocycles. The molecule has 0 atom stereocenters. The van der Waals surface area contributed by atoms with Gasteiger partial charge in [-0.25, -0.2) is 13.6 Å². The molecule has 0 saturated heterocycles. The zero-order chi connectivity index (χ0) is 18.0. The lowest BCUT2D eigenvalue weighted by molar-refractivity contribution is -0.220. The van der Waals surface area contributed by atoms with Crippen LogP contribution in [-0.4, -0.2) is 38.5 Å². The third-order valence-electron chi connectivity index (χ3n) is 5.23. The van der Waals surface area contributed by atoms with E-state index < -0.39 is 28.8 Å². The van der Waals surface area contributed by atoms with Crippen molar-refractivity contribution in [2.45, 2.75) is 37.1 Å². The minimum atomic E-state index is -2.73. The molecule has 1 aromatic heterocycles. The first-order chi connectivity index (χ1) is 11.6. The van der Waals surface area contributed by atoms with Crippen LogP contribution in [0.4, 0.5) is 8.78 Å². The summed E-state index contributed by atoms with van der Waals surface area (Å²) in [5.41, 5.74) is -1.49. The highest BCUT2D eigenvalue weighted by Gasteiger charge is 2.69. The summed E-state index contributed by atoms with van der Waals surface area (Å²) in [6.45, 7) is 0. The van der Waals surface area contributed by atoms with Crippen molar-refractivity contribution in [1.29, 1.82) is 0 Å². The van der Waals surface area contributed by atoms with Crippen molar-refractivity contribution < 1.29 is 28.6 Å². The highest BCUT2D eigenvalue weighted by Crippen LogP contribution is 2.65. The fourth-order valence-electron chi connectivity index (χ4n) is 4.34. The molecule has 1 spiro atoms. The van der Waals surface area contributed by atoms with E-state index in [0.29, 0.717) is 10.9 Å². The van der Waals surface area contributed by atoms with E-state index in [0.717, 1.165) is 0 Å². The molecule has 1 amide bonds. The van der Waals surface area contributed by atoms with Gasteiger partial charge in [0, 0.05) is 29.8 Å². The van der Waals surface area contributed by atoms with E-state index in [1.807, 2.05) is 0 Å². The summed E-state index contributed by atoms with van der Waals surface area (Å²) in [6, 6.07) is 6.10. The number of aromatic amines is 1. The molecule has 0 bridgehead atoms. The Morgan fingerprint density at radius 3 is 2.40 bits per heavy atom. The van der Waals surface area contributed by atoms with Crippen LogP contribution in [0.15, 0.2) is 24.3 Å². The van der Waals surface area contributed by atoms with Gasteiger partial charge in [0.1, 0.15) is 17.0 Å². The van der Waals surface area contributed by atoms with Crippen molar-refractivity contribution in [2.24, 2.45) is 5.41 Å². The lowest BCUT2D eigenvalue weighted by Gasteiger charge is -2.61. The fraction of sp³-hybridized carbons (Fsp3) is 0.412. The Balaban J connectivity index is 1.53. The Hall–Kier alpha value is -2.64. The van der Waals surface area contributed by atoms with E-state index in [2.05, 4.69) is 10.3 Å². The molecule has 2 aromatic rings. The van der Waals surface area contributed by atoms with Gasteiger partial charge in [-0.1, -0.05) is 0 Å². The van der Waals surface area contributed by atoms with Crippen molar-refractivity contribution in [3.8, 4) is 5.75 Å². The van der Waals surface area contributed by atoms with Crippen LogP contribution < -0.4 is 5.32 Å². The smallest absolute Gasteiger partial charge is 0.329 e. The summed E-state index contributed by atoms with van der Waals surface area (Å²) < 4.78 is 26.3. The zero-order valence-electron chi connectivity index (χ0n) is 13.1. The number of aliphatic carboxylic acids is 1. The second-order valence-corrected chi connectivity index (χ2v) is 7.36. The SMILES string of the molecule is O=C(NC1(C(=O)O)CC2(CC(F)(F)C2)C1)c1cc2ccc(O)cc2[nH]1. The quantitative estimate of drug-likeness (QED) is 0.683. The fourth-order valence-corrected chi connectivity index (χ4v) is 4.34. The van der Waals surface area contributed by atoms with E-state index in [1.54, 1.807) is 12.1 Å². The van der Waals surface area contributed by atoms with Gasteiger partial charge < -0.3 is 20.5 Å². The molecular weight excluding hydrogens is 334 g/mol. The van der Waals surface area contributed by atoms with Crippen LogP contribution in [0.1, 0.15) is 36.2 Å². The van der Waals surface area contributed by atoms with Crippen molar-refractivity contribution in [3.05, 3.63) is 30.0 Å². The summed E-state index contributed by atoms with van der Waals surface area (Å²) in [5.74, 6) is -4.52. The first-order valence-corrected chi connectivity index (χ1v) is 7.88. The number of carboxylic acids is 1. The third-order valence-corrected chi connectivity index (χ3v) is 5.23. The summed E-state index contributed by atoms with van der Waals surface area (Å²) in [6.07, 6.45) is -0.623. The number of halogens is 2. The van der Waals surface area contributed by atoms with Gasteiger partial charge in [-0.2, -0.15) is 0 Å². The number of benzene rings is 1. The summed E-state index contributed by atoms with van der Waals surface area (Å²) in [4.78, 5) is 26.9. The lowest BCUT2D eigenvalue weighted by Crippen LogP contribution is -2.71. The number of carboxylic acid groups (broad SMARTS) is 1. The molecule has 1 heterocycles. The van der Waals surface area contributed by atoms with Gasteiger partial charge >= 0.3 is 5.97 Å². The van der Waals surface area contributed by atoms with Crippen LogP contribution in [0.3, 0.4) is 0 Å². The van der Waals surface area contributed by atoms with Crippen molar-refractivity contribution >= 4 is 22.8 Å². The van der Waals surface area contributed by atoms with E-state index in [-0.39, 0.29) is 37.1 Å². The number of rotatable bonds is 3. The van der Waals surface area contributed by atoms with Gasteiger partial charge in [-0.05, 0) is 36.5 Å². The number of alkyl halides is 2. The predicted molar refractivity (Wildman–Crippen MR) is 83.6 cm³/mol. The van der Waals surface area contributed by atoms with E-state index in [1.165, 1.54) is 12.1 Å².